The monoisotopic (exact) mass is 306 g/mol. The zero-order valence-corrected chi connectivity index (χ0v) is 13.3. The van der Waals surface area contributed by atoms with E-state index in [-0.39, 0.29) is 11.8 Å². The van der Waals surface area contributed by atoms with E-state index in [9.17, 15) is 4.79 Å². The van der Waals surface area contributed by atoms with Crippen LogP contribution < -0.4 is 5.32 Å². The van der Waals surface area contributed by atoms with Gasteiger partial charge in [-0.3, -0.25) is 4.79 Å². The average molecular weight is 306 g/mol. The van der Waals surface area contributed by atoms with Crippen LogP contribution in [-0.4, -0.2) is 50.7 Å². The van der Waals surface area contributed by atoms with E-state index >= 15 is 0 Å². The first-order chi connectivity index (χ1) is 10.8. The lowest BCUT2D eigenvalue weighted by Crippen LogP contribution is -2.40. The molecule has 0 bridgehead atoms. The van der Waals surface area contributed by atoms with Crippen LogP contribution in [0.3, 0.4) is 0 Å². The molecule has 0 unspecified atom stereocenters. The summed E-state index contributed by atoms with van der Waals surface area (Å²) in [6.45, 7) is 4.86. The second-order valence-corrected chi connectivity index (χ2v) is 6.49. The minimum Gasteiger partial charge on any atom is -0.469 e. The Morgan fingerprint density at radius 2 is 2.27 bits per heavy atom. The van der Waals surface area contributed by atoms with Gasteiger partial charge in [0.2, 0.25) is 5.91 Å². The second-order valence-electron chi connectivity index (χ2n) is 6.49. The molecule has 3 rings (SSSR count). The summed E-state index contributed by atoms with van der Waals surface area (Å²) < 4.78 is 10.5. The third-order valence-electron chi connectivity index (χ3n) is 4.92. The molecule has 1 saturated carbocycles. The van der Waals surface area contributed by atoms with Gasteiger partial charge < -0.3 is 19.4 Å². The van der Waals surface area contributed by atoms with Crippen molar-refractivity contribution < 1.29 is 13.9 Å². The van der Waals surface area contributed by atoms with Crippen LogP contribution in [0.5, 0.6) is 0 Å². The fourth-order valence-corrected chi connectivity index (χ4v) is 3.31. The van der Waals surface area contributed by atoms with Crippen LogP contribution in [0.2, 0.25) is 0 Å². The zero-order valence-electron chi connectivity index (χ0n) is 13.3. The fraction of sp³-hybridized carbons (Fsp3) is 0.706. The van der Waals surface area contributed by atoms with Crippen LogP contribution >= 0.6 is 0 Å². The Morgan fingerprint density at radius 1 is 1.45 bits per heavy atom. The molecule has 2 heterocycles. The van der Waals surface area contributed by atoms with Crippen molar-refractivity contribution in [3.63, 3.8) is 0 Å². The summed E-state index contributed by atoms with van der Waals surface area (Å²) in [6, 6.07) is 3.85. The van der Waals surface area contributed by atoms with Gasteiger partial charge in [0.25, 0.3) is 0 Å². The highest BCUT2D eigenvalue weighted by atomic mass is 16.5. The number of nitrogens with one attached hydrogen (secondary N) is 1. The number of carbonyl (C=O) groups excluding carboxylic acids is 1. The van der Waals surface area contributed by atoms with Gasteiger partial charge in [-0.1, -0.05) is 0 Å². The van der Waals surface area contributed by atoms with E-state index in [0.29, 0.717) is 11.8 Å². The molecule has 2 atom stereocenters. The molecular weight excluding hydrogens is 280 g/mol. The molecule has 0 aromatic carbocycles. The van der Waals surface area contributed by atoms with Gasteiger partial charge in [-0.2, -0.15) is 0 Å². The Labute approximate surface area is 132 Å². The molecule has 1 saturated heterocycles. The van der Waals surface area contributed by atoms with Gasteiger partial charge in [-0.15, -0.1) is 0 Å². The minimum atomic E-state index is 0.118. The molecule has 5 nitrogen and oxygen atoms in total. The van der Waals surface area contributed by atoms with E-state index in [2.05, 4.69) is 10.2 Å². The zero-order chi connectivity index (χ0) is 15.4. The number of hydrogen-bond donors (Lipinski definition) is 1. The van der Waals surface area contributed by atoms with E-state index < -0.39 is 0 Å². The first-order valence-corrected chi connectivity index (χ1v) is 8.30. The molecule has 0 radical (unpaired) electrons. The minimum absolute atomic E-state index is 0.118. The fourth-order valence-electron chi connectivity index (χ4n) is 3.31. The normalized spacial score (nSPS) is 26.0. The van der Waals surface area contributed by atoms with Crippen LogP contribution in [0.1, 0.15) is 30.9 Å². The number of carbonyl (C=O) groups is 1. The van der Waals surface area contributed by atoms with Gasteiger partial charge in [0, 0.05) is 32.0 Å². The maximum absolute atomic E-state index is 12.2. The summed E-state index contributed by atoms with van der Waals surface area (Å²) >= 11 is 0. The SMILES string of the molecule is COCCN1CCC(CNC(=O)[C@H]2C[C@H]2c2ccco2)CC1. The number of furan rings is 1. The maximum atomic E-state index is 12.2. The standard InChI is InChI=1S/C17H26N2O3/c1-21-10-8-19-6-4-13(5-7-19)12-18-17(20)15-11-14(15)16-3-2-9-22-16/h2-3,9,13-15H,4-8,10-12H2,1H3,(H,18,20)/t14-,15+/m1/s1. The van der Waals surface area contributed by atoms with Crippen LogP contribution in [0.15, 0.2) is 22.8 Å². The van der Waals surface area contributed by atoms with E-state index in [1.54, 1.807) is 13.4 Å². The van der Waals surface area contributed by atoms with Crippen molar-refractivity contribution in [2.24, 2.45) is 11.8 Å². The number of ether oxygens (including phenoxy) is 1. The van der Waals surface area contributed by atoms with Gasteiger partial charge in [0.15, 0.2) is 0 Å². The number of piperidine rings is 1. The first kappa shape index (κ1) is 15.6. The topological polar surface area (TPSA) is 54.7 Å². The third kappa shape index (κ3) is 3.90. The Kier molecular flexibility index (Phi) is 5.16. The number of amides is 1. The Balaban J connectivity index is 1.33. The first-order valence-electron chi connectivity index (χ1n) is 8.30. The van der Waals surface area contributed by atoms with E-state index in [4.69, 9.17) is 9.15 Å². The number of nitrogens with zero attached hydrogens (tertiary/aromatic N) is 1. The smallest absolute Gasteiger partial charge is 0.223 e. The van der Waals surface area contributed by atoms with Gasteiger partial charge in [0.05, 0.1) is 12.9 Å². The Bertz CT molecular complexity index is 466. The summed E-state index contributed by atoms with van der Waals surface area (Å²) in [5, 5.41) is 3.14. The third-order valence-corrected chi connectivity index (χ3v) is 4.92. The molecular formula is C17H26N2O3. The predicted molar refractivity (Wildman–Crippen MR) is 83.6 cm³/mol. The lowest BCUT2D eigenvalue weighted by atomic mass is 9.97. The highest BCUT2D eigenvalue weighted by molar-refractivity contribution is 5.82. The molecule has 1 aliphatic carbocycles. The summed E-state index contributed by atoms with van der Waals surface area (Å²) in [5.41, 5.74) is 0. The number of methoxy groups -OCH3 is 1. The molecule has 2 fully saturated rings. The van der Waals surface area contributed by atoms with Crippen LogP contribution in [0.25, 0.3) is 0 Å². The molecule has 5 heteroatoms. The largest absolute Gasteiger partial charge is 0.469 e. The molecule has 2 aliphatic rings. The van der Waals surface area contributed by atoms with Crippen molar-refractivity contribution in [3.05, 3.63) is 24.2 Å². The Morgan fingerprint density at radius 3 is 2.95 bits per heavy atom. The van der Waals surface area contributed by atoms with Crippen molar-refractivity contribution in [1.82, 2.24) is 10.2 Å². The molecule has 22 heavy (non-hydrogen) atoms. The van der Waals surface area contributed by atoms with Crippen molar-refractivity contribution in [2.75, 3.05) is 39.9 Å². The summed E-state index contributed by atoms with van der Waals surface area (Å²) in [4.78, 5) is 14.6. The van der Waals surface area contributed by atoms with Crippen molar-refractivity contribution >= 4 is 5.91 Å². The molecule has 1 amide bonds. The lowest BCUT2D eigenvalue weighted by Gasteiger charge is -2.31. The predicted octanol–water partition coefficient (Wildman–Crippen LogP) is 1.86. The summed E-state index contributed by atoms with van der Waals surface area (Å²) in [7, 11) is 1.75. The van der Waals surface area contributed by atoms with Gasteiger partial charge in [0.1, 0.15) is 5.76 Å². The molecule has 1 N–H and O–H groups in total. The highest BCUT2D eigenvalue weighted by Crippen LogP contribution is 2.47. The molecule has 1 aliphatic heterocycles. The number of likely N-dealkylation sites (tertiary alicyclic amines) is 1. The van der Waals surface area contributed by atoms with Crippen LogP contribution in [-0.2, 0) is 9.53 Å². The lowest BCUT2D eigenvalue weighted by molar-refractivity contribution is -0.122. The van der Waals surface area contributed by atoms with Crippen molar-refractivity contribution in [1.29, 1.82) is 0 Å². The average Bonchev–Trinajstić information content (AvgIpc) is 3.17. The van der Waals surface area contributed by atoms with Crippen molar-refractivity contribution in [2.45, 2.75) is 25.2 Å². The molecule has 1 aromatic rings. The summed E-state index contributed by atoms with van der Waals surface area (Å²) in [6.07, 6.45) is 4.93. The van der Waals surface area contributed by atoms with Crippen molar-refractivity contribution in [3.8, 4) is 0 Å². The number of hydrogen-bond acceptors (Lipinski definition) is 4. The van der Waals surface area contributed by atoms with Gasteiger partial charge in [-0.05, 0) is 50.4 Å². The van der Waals surface area contributed by atoms with Gasteiger partial charge >= 0.3 is 0 Å². The van der Waals surface area contributed by atoms with E-state index in [1.807, 2.05) is 12.1 Å². The van der Waals surface area contributed by atoms with E-state index in [1.165, 1.54) is 0 Å². The molecule has 1 aromatic heterocycles. The van der Waals surface area contributed by atoms with E-state index in [0.717, 1.165) is 57.8 Å². The van der Waals surface area contributed by atoms with Gasteiger partial charge in [-0.25, -0.2) is 0 Å². The number of rotatable bonds is 7. The summed E-state index contributed by atoms with van der Waals surface area (Å²) in [5.74, 6) is 2.18. The van der Waals surface area contributed by atoms with Crippen LogP contribution in [0, 0.1) is 11.8 Å². The van der Waals surface area contributed by atoms with Crippen LogP contribution in [0.4, 0.5) is 0 Å². The quantitative estimate of drug-likeness (QED) is 0.835. The second kappa shape index (κ2) is 7.29. The highest BCUT2D eigenvalue weighted by Gasteiger charge is 2.45. The maximum Gasteiger partial charge on any atom is 0.223 e. The Hall–Kier alpha value is -1.33. The molecule has 0 spiro atoms. The molecule has 122 valence electrons.